The summed E-state index contributed by atoms with van der Waals surface area (Å²) in [4.78, 5) is 36.6. The van der Waals surface area contributed by atoms with Gasteiger partial charge in [-0.3, -0.25) is 9.59 Å². The lowest BCUT2D eigenvalue weighted by Crippen LogP contribution is -2.59. The number of piperidine rings is 1. The standard InChI is InChI=1S/C17H27N5O2/c1-12(2)21-6-3-13(4-7-21)17(24)22-8-5-19-16(23)15(22)9-14-10-18-11-20-14/h10-13,15H,3-9H2,1-2H3,(H,18,20)(H,19,23)/t15-/m0/s1. The first-order valence-electron chi connectivity index (χ1n) is 8.85. The Balaban J connectivity index is 1.66. The number of aromatic nitrogens is 2. The Kier molecular flexibility index (Phi) is 5.18. The molecule has 3 rings (SSSR count). The lowest BCUT2D eigenvalue weighted by molar-refractivity contribution is -0.147. The molecule has 0 spiro atoms. The highest BCUT2D eigenvalue weighted by Gasteiger charge is 2.37. The lowest BCUT2D eigenvalue weighted by atomic mass is 9.93. The van der Waals surface area contributed by atoms with Crippen LogP contribution in [0.25, 0.3) is 0 Å². The Morgan fingerprint density at radius 1 is 1.33 bits per heavy atom. The first-order chi connectivity index (χ1) is 11.6. The summed E-state index contributed by atoms with van der Waals surface area (Å²) in [6.45, 7) is 7.43. The summed E-state index contributed by atoms with van der Waals surface area (Å²) in [6.07, 6.45) is 5.57. The van der Waals surface area contributed by atoms with Crippen LogP contribution < -0.4 is 5.32 Å². The summed E-state index contributed by atoms with van der Waals surface area (Å²) in [5, 5.41) is 2.88. The number of H-pyrrole nitrogens is 1. The van der Waals surface area contributed by atoms with E-state index in [2.05, 4.69) is 34.0 Å². The molecule has 0 unspecified atom stereocenters. The van der Waals surface area contributed by atoms with Gasteiger partial charge in [-0.15, -0.1) is 0 Å². The van der Waals surface area contributed by atoms with E-state index in [-0.39, 0.29) is 17.7 Å². The second-order valence-corrected chi connectivity index (χ2v) is 7.02. The molecule has 1 atom stereocenters. The van der Waals surface area contributed by atoms with Crippen molar-refractivity contribution < 1.29 is 9.59 Å². The molecule has 2 aliphatic heterocycles. The van der Waals surface area contributed by atoms with E-state index in [1.807, 2.05) is 0 Å². The summed E-state index contributed by atoms with van der Waals surface area (Å²) >= 11 is 0. The Morgan fingerprint density at radius 3 is 2.71 bits per heavy atom. The molecular formula is C17H27N5O2. The van der Waals surface area contributed by atoms with Gasteiger partial charge in [-0.25, -0.2) is 4.98 Å². The number of hydrogen-bond acceptors (Lipinski definition) is 4. The van der Waals surface area contributed by atoms with Crippen LogP contribution in [0.1, 0.15) is 32.4 Å². The van der Waals surface area contributed by atoms with Crippen molar-refractivity contribution in [1.82, 2.24) is 25.1 Å². The number of likely N-dealkylation sites (tertiary alicyclic amines) is 1. The molecule has 2 fully saturated rings. The molecule has 7 nitrogen and oxygen atoms in total. The number of piperazine rings is 1. The summed E-state index contributed by atoms with van der Waals surface area (Å²) in [5.74, 6) is 0.108. The minimum atomic E-state index is -0.435. The Labute approximate surface area is 142 Å². The third-order valence-electron chi connectivity index (χ3n) is 5.19. The predicted octanol–water partition coefficient (Wildman–Crippen LogP) is 0.400. The van der Waals surface area contributed by atoms with E-state index in [0.717, 1.165) is 31.6 Å². The molecule has 2 amide bonds. The highest BCUT2D eigenvalue weighted by atomic mass is 16.2. The van der Waals surface area contributed by atoms with E-state index in [1.165, 1.54) is 0 Å². The minimum absolute atomic E-state index is 0.0372. The van der Waals surface area contributed by atoms with E-state index in [0.29, 0.717) is 25.6 Å². The molecule has 132 valence electrons. The van der Waals surface area contributed by atoms with Crippen molar-refractivity contribution in [1.29, 1.82) is 0 Å². The van der Waals surface area contributed by atoms with Crippen molar-refractivity contribution in [2.75, 3.05) is 26.2 Å². The molecule has 0 aromatic carbocycles. The summed E-state index contributed by atoms with van der Waals surface area (Å²) in [7, 11) is 0. The predicted molar refractivity (Wildman–Crippen MR) is 90.2 cm³/mol. The normalized spacial score (nSPS) is 23.5. The lowest BCUT2D eigenvalue weighted by Gasteiger charge is -2.40. The summed E-state index contributed by atoms with van der Waals surface area (Å²) in [5.41, 5.74) is 0.879. The molecule has 0 saturated carbocycles. The molecular weight excluding hydrogens is 306 g/mol. The maximum Gasteiger partial charge on any atom is 0.243 e. The molecule has 0 bridgehead atoms. The van der Waals surface area contributed by atoms with Gasteiger partial charge < -0.3 is 20.1 Å². The van der Waals surface area contributed by atoms with Crippen molar-refractivity contribution in [3.05, 3.63) is 18.2 Å². The topological polar surface area (TPSA) is 81.3 Å². The zero-order valence-corrected chi connectivity index (χ0v) is 14.5. The second kappa shape index (κ2) is 7.34. The Morgan fingerprint density at radius 2 is 2.08 bits per heavy atom. The molecule has 7 heteroatoms. The maximum absolute atomic E-state index is 13.0. The average Bonchev–Trinajstić information content (AvgIpc) is 3.09. The van der Waals surface area contributed by atoms with Crippen molar-refractivity contribution in [2.45, 2.75) is 45.2 Å². The van der Waals surface area contributed by atoms with Crippen LogP contribution in [-0.2, 0) is 16.0 Å². The zero-order chi connectivity index (χ0) is 17.1. The van der Waals surface area contributed by atoms with Gasteiger partial charge in [-0.2, -0.15) is 0 Å². The zero-order valence-electron chi connectivity index (χ0n) is 14.5. The number of nitrogens with one attached hydrogen (secondary N) is 2. The third-order valence-corrected chi connectivity index (χ3v) is 5.19. The molecule has 2 saturated heterocycles. The van der Waals surface area contributed by atoms with Crippen LogP contribution >= 0.6 is 0 Å². The van der Waals surface area contributed by atoms with Crippen molar-refractivity contribution in [3.8, 4) is 0 Å². The molecule has 1 aromatic heterocycles. The molecule has 2 aliphatic rings. The smallest absolute Gasteiger partial charge is 0.243 e. The fourth-order valence-corrected chi connectivity index (χ4v) is 3.68. The molecule has 0 aliphatic carbocycles. The molecule has 24 heavy (non-hydrogen) atoms. The molecule has 2 N–H and O–H groups in total. The van der Waals surface area contributed by atoms with Gasteiger partial charge in [0.2, 0.25) is 11.8 Å². The largest absolute Gasteiger partial charge is 0.353 e. The number of nitrogens with zero attached hydrogens (tertiary/aromatic N) is 3. The van der Waals surface area contributed by atoms with Gasteiger partial charge in [0.15, 0.2) is 0 Å². The number of rotatable bonds is 4. The average molecular weight is 333 g/mol. The van der Waals surface area contributed by atoms with Crippen LogP contribution in [0.5, 0.6) is 0 Å². The molecule has 1 aromatic rings. The van der Waals surface area contributed by atoms with Gasteiger partial charge in [-0.1, -0.05) is 0 Å². The monoisotopic (exact) mass is 333 g/mol. The van der Waals surface area contributed by atoms with Crippen LogP contribution in [0.15, 0.2) is 12.5 Å². The number of amides is 2. The SMILES string of the molecule is CC(C)N1CCC(C(=O)N2CCNC(=O)[C@@H]2Cc2cnc[nH]2)CC1. The summed E-state index contributed by atoms with van der Waals surface area (Å²) in [6, 6.07) is 0.0878. The summed E-state index contributed by atoms with van der Waals surface area (Å²) < 4.78 is 0. The molecule has 0 radical (unpaired) electrons. The maximum atomic E-state index is 13.0. The number of imidazole rings is 1. The van der Waals surface area contributed by atoms with Gasteiger partial charge in [-0.05, 0) is 39.8 Å². The number of aromatic amines is 1. The first-order valence-corrected chi connectivity index (χ1v) is 8.85. The third kappa shape index (κ3) is 3.61. The van der Waals surface area contributed by atoms with E-state index in [4.69, 9.17) is 0 Å². The highest BCUT2D eigenvalue weighted by Crippen LogP contribution is 2.23. The van der Waals surface area contributed by atoms with Crippen molar-refractivity contribution >= 4 is 11.8 Å². The fraction of sp³-hybridized carbons (Fsp3) is 0.706. The van der Waals surface area contributed by atoms with E-state index < -0.39 is 6.04 Å². The van der Waals surface area contributed by atoms with E-state index >= 15 is 0 Å². The van der Waals surface area contributed by atoms with Crippen LogP contribution in [0.4, 0.5) is 0 Å². The Hall–Kier alpha value is -1.89. The quantitative estimate of drug-likeness (QED) is 0.836. The number of hydrogen-bond donors (Lipinski definition) is 2. The number of carbonyl (C=O) groups is 2. The van der Waals surface area contributed by atoms with Gasteiger partial charge in [0, 0.05) is 43.4 Å². The van der Waals surface area contributed by atoms with Crippen LogP contribution in [0.3, 0.4) is 0 Å². The number of carbonyl (C=O) groups excluding carboxylic acids is 2. The van der Waals surface area contributed by atoms with Gasteiger partial charge in [0.05, 0.1) is 6.33 Å². The van der Waals surface area contributed by atoms with Gasteiger partial charge in [0.1, 0.15) is 6.04 Å². The van der Waals surface area contributed by atoms with Crippen molar-refractivity contribution in [3.63, 3.8) is 0 Å². The van der Waals surface area contributed by atoms with Crippen LogP contribution in [-0.4, -0.2) is 69.8 Å². The van der Waals surface area contributed by atoms with Crippen LogP contribution in [0.2, 0.25) is 0 Å². The van der Waals surface area contributed by atoms with E-state index in [1.54, 1.807) is 17.4 Å². The highest BCUT2D eigenvalue weighted by molar-refractivity contribution is 5.89. The van der Waals surface area contributed by atoms with Gasteiger partial charge in [0.25, 0.3) is 0 Å². The fourth-order valence-electron chi connectivity index (χ4n) is 3.68. The van der Waals surface area contributed by atoms with Crippen LogP contribution in [0, 0.1) is 5.92 Å². The Bertz CT molecular complexity index is 564. The first kappa shape index (κ1) is 17.0. The van der Waals surface area contributed by atoms with Crippen molar-refractivity contribution in [2.24, 2.45) is 5.92 Å². The minimum Gasteiger partial charge on any atom is -0.353 e. The molecule has 3 heterocycles. The van der Waals surface area contributed by atoms with Gasteiger partial charge >= 0.3 is 0 Å². The van der Waals surface area contributed by atoms with E-state index in [9.17, 15) is 9.59 Å². The second-order valence-electron chi connectivity index (χ2n) is 7.02.